The van der Waals surface area contributed by atoms with Gasteiger partial charge >= 0.3 is 12.0 Å². The molecule has 5 heteroatoms. The molecule has 0 bridgehead atoms. The van der Waals surface area contributed by atoms with Crippen LogP contribution in [0.25, 0.3) is 0 Å². The molecule has 0 atom stereocenters. The second kappa shape index (κ2) is 8.29. The minimum absolute atomic E-state index is 0.107. The lowest BCUT2D eigenvalue weighted by Gasteiger charge is -2.23. The van der Waals surface area contributed by atoms with E-state index in [1.165, 1.54) is 0 Å². The van der Waals surface area contributed by atoms with E-state index in [4.69, 9.17) is 5.11 Å². The van der Waals surface area contributed by atoms with Gasteiger partial charge < -0.3 is 15.3 Å². The summed E-state index contributed by atoms with van der Waals surface area (Å²) >= 11 is 0. The second-order valence-corrected chi connectivity index (χ2v) is 5.45. The average molecular weight is 292 g/mol. The van der Waals surface area contributed by atoms with Crippen LogP contribution in [0, 0.1) is 5.92 Å². The Balaban J connectivity index is 2.58. The van der Waals surface area contributed by atoms with E-state index in [-0.39, 0.29) is 12.5 Å². The summed E-state index contributed by atoms with van der Waals surface area (Å²) in [5.74, 6) is -0.381. The van der Waals surface area contributed by atoms with Gasteiger partial charge in [-0.3, -0.25) is 4.79 Å². The lowest BCUT2D eigenvalue weighted by Crippen LogP contribution is -2.37. The molecule has 0 aliphatic carbocycles. The summed E-state index contributed by atoms with van der Waals surface area (Å²) in [6, 6.07) is 7.19. The molecular weight excluding hydrogens is 268 g/mol. The van der Waals surface area contributed by atoms with Gasteiger partial charge in [-0.05, 0) is 37.0 Å². The largest absolute Gasteiger partial charge is 0.481 e. The summed E-state index contributed by atoms with van der Waals surface area (Å²) < 4.78 is 0. The molecule has 0 aliphatic rings. The van der Waals surface area contributed by atoms with Gasteiger partial charge in [0.1, 0.15) is 0 Å². The van der Waals surface area contributed by atoms with Crippen molar-refractivity contribution in [1.82, 2.24) is 4.90 Å². The molecule has 0 aromatic heterocycles. The van der Waals surface area contributed by atoms with Crippen molar-refractivity contribution < 1.29 is 14.7 Å². The summed E-state index contributed by atoms with van der Waals surface area (Å²) in [4.78, 5) is 24.4. The molecule has 0 radical (unpaired) electrons. The van der Waals surface area contributed by atoms with Crippen LogP contribution in [-0.2, 0) is 11.2 Å². The van der Waals surface area contributed by atoms with Crippen molar-refractivity contribution in [2.24, 2.45) is 5.92 Å². The van der Waals surface area contributed by atoms with Crippen LogP contribution in [0.1, 0.15) is 32.8 Å². The van der Waals surface area contributed by atoms with E-state index in [1.807, 2.05) is 19.1 Å². The van der Waals surface area contributed by atoms with Crippen molar-refractivity contribution in [2.45, 2.75) is 33.6 Å². The predicted molar refractivity (Wildman–Crippen MR) is 83.5 cm³/mol. The molecule has 1 rings (SSSR count). The number of hydrogen-bond acceptors (Lipinski definition) is 2. The Morgan fingerprint density at radius 1 is 1.24 bits per heavy atom. The number of benzene rings is 1. The van der Waals surface area contributed by atoms with E-state index in [0.29, 0.717) is 18.9 Å². The van der Waals surface area contributed by atoms with E-state index < -0.39 is 5.97 Å². The quantitative estimate of drug-likeness (QED) is 0.810. The van der Waals surface area contributed by atoms with Gasteiger partial charge in [-0.2, -0.15) is 0 Å². The number of carboxylic acids is 1. The number of rotatable bonds is 7. The molecule has 0 saturated heterocycles. The predicted octanol–water partition coefficient (Wildman–Crippen LogP) is 3.21. The highest BCUT2D eigenvalue weighted by atomic mass is 16.4. The molecule has 2 amide bonds. The van der Waals surface area contributed by atoms with E-state index in [9.17, 15) is 9.59 Å². The van der Waals surface area contributed by atoms with Crippen LogP contribution in [0.5, 0.6) is 0 Å². The number of urea groups is 1. The third-order valence-corrected chi connectivity index (χ3v) is 3.09. The number of carboxylic acid groups (broad SMARTS) is 1. The Morgan fingerprint density at radius 2 is 1.86 bits per heavy atom. The fourth-order valence-electron chi connectivity index (χ4n) is 2.00. The molecule has 1 aromatic rings. The second-order valence-electron chi connectivity index (χ2n) is 5.45. The Kier molecular flexibility index (Phi) is 6.72. The van der Waals surface area contributed by atoms with Crippen LogP contribution in [0.4, 0.5) is 10.5 Å². The van der Waals surface area contributed by atoms with Gasteiger partial charge in [0.15, 0.2) is 0 Å². The summed E-state index contributed by atoms with van der Waals surface area (Å²) in [5, 5.41) is 11.5. The molecule has 0 fully saturated rings. The number of carbonyl (C=O) groups excluding carboxylic acids is 1. The van der Waals surface area contributed by atoms with Crippen LogP contribution < -0.4 is 5.32 Å². The fraction of sp³-hybridized carbons (Fsp3) is 0.500. The Labute approximate surface area is 126 Å². The Hall–Kier alpha value is -2.04. The fourth-order valence-corrected chi connectivity index (χ4v) is 2.00. The third-order valence-electron chi connectivity index (χ3n) is 3.09. The van der Waals surface area contributed by atoms with Crippen LogP contribution >= 0.6 is 0 Å². The first-order valence-corrected chi connectivity index (χ1v) is 7.29. The first kappa shape index (κ1) is 17.0. The van der Waals surface area contributed by atoms with Crippen molar-refractivity contribution in [1.29, 1.82) is 0 Å². The third kappa shape index (κ3) is 6.29. The molecule has 1 aromatic carbocycles. The molecular formula is C16H24N2O3. The minimum atomic E-state index is -0.806. The van der Waals surface area contributed by atoms with Crippen molar-refractivity contribution in [3.05, 3.63) is 29.8 Å². The van der Waals surface area contributed by atoms with Gasteiger partial charge in [0.25, 0.3) is 0 Å². The number of amides is 2. The number of hydrogen-bond donors (Lipinski definition) is 2. The first-order valence-electron chi connectivity index (χ1n) is 7.29. The van der Waals surface area contributed by atoms with Gasteiger partial charge in [0.2, 0.25) is 0 Å². The van der Waals surface area contributed by atoms with Gasteiger partial charge in [-0.1, -0.05) is 26.0 Å². The summed E-state index contributed by atoms with van der Waals surface area (Å²) in [7, 11) is 0. The summed E-state index contributed by atoms with van der Waals surface area (Å²) in [6.07, 6.45) is 0.613. The highest BCUT2D eigenvalue weighted by Gasteiger charge is 2.12. The van der Waals surface area contributed by atoms with E-state index in [0.717, 1.165) is 17.8 Å². The molecule has 116 valence electrons. The minimum Gasteiger partial charge on any atom is -0.481 e. The topological polar surface area (TPSA) is 69.6 Å². The van der Waals surface area contributed by atoms with Gasteiger partial charge in [0.05, 0.1) is 0 Å². The van der Waals surface area contributed by atoms with E-state index in [2.05, 4.69) is 19.2 Å². The maximum atomic E-state index is 12.1. The number of nitrogens with zero attached hydrogens (tertiary/aromatic N) is 1. The van der Waals surface area contributed by atoms with Gasteiger partial charge in [-0.25, -0.2) is 4.79 Å². The van der Waals surface area contributed by atoms with E-state index in [1.54, 1.807) is 17.0 Å². The van der Waals surface area contributed by atoms with Crippen molar-refractivity contribution in [3.8, 4) is 0 Å². The highest BCUT2D eigenvalue weighted by Crippen LogP contribution is 2.12. The average Bonchev–Trinajstić information content (AvgIpc) is 2.43. The smallest absolute Gasteiger partial charge is 0.321 e. The van der Waals surface area contributed by atoms with Crippen LogP contribution in [0.3, 0.4) is 0 Å². The van der Waals surface area contributed by atoms with Gasteiger partial charge in [0, 0.05) is 25.2 Å². The standard InChI is InChI=1S/C16H24N2O3/c1-4-18(11-12(2)3)16(21)17-14-8-5-13(6-9-14)7-10-15(19)20/h5-6,8-9,12H,4,7,10-11H2,1-3H3,(H,17,21)(H,19,20). The number of anilines is 1. The molecule has 5 nitrogen and oxygen atoms in total. The summed E-state index contributed by atoms with van der Waals surface area (Å²) in [6.45, 7) is 7.50. The molecule has 21 heavy (non-hydrogen) atoms. The molecule has 2 N–H and O–H groups in total. The van der Waals surface area contributed by atoms with Crippen molar-refractivity contribution in [2.75, 3.05) is 18.4 Å². The highest BCUT2D eigenvalue weighted by molar-refractivity contribution is 5.89. The molecule has 0 heterocycles. The molecule has 0 spiro atoms. The lowest BCUT2D eigenvalue weighted by atomic mass is 10.1. The van der Waals surface area contributed by atoms with Crippen LogP contribution in [0.15, 0.2) is 24.3 Å². The summed E-state index contributed by atoms with van der Waals surface area (Å²) in [5.41, 5.74) is 1.67. The monoisotopic (exact) mass is 292 g/mol. The molecule has 0 saturated carbocycles. The first-order chi connectivity index (χ1) is 9.92. The molecule has 0 unspecified atom stereocenters. The van der Waals surface area contributed by atoms with Crippen LogP contribution in [0.2, 0.25) is 0 Å². The maximum Gasteiger partial charge on any atom is 0.321 e. The SMILES string of the molecule is CCN(CC(C)C)C(=O)Nc1ccc(CCC(=O)O)cc1. The van der Waals surface area contributed by atoms with Crippen molar-refractivity contribution in [3.63, 3.8) is 0 Å². The maximum absolute atomic E-state index is 12.1. The Bertz CT molecular complexity index is 469. The normalized spacial score (nSPS) is 10.5. The molecule has 0 aliphatic heterocycles. The number of aryl methyl sites for hydroxylation is 1. The number of aliphatic carboxylic acids is 1. The number of nitrogens with one attached hydrogen (secondary N) is 1. The Morgan fingerprint density at radius 3 is 2.33 bits per heavy atom. The van der Waals surface area contributed by atoms with Gasteiger partial charge in [-0.15, -0.1) is 0 Å². The lowest BCUT2D eigenvalue weighted by molar-refractivity contribution is -0.136. The number of carbonyl (C=O) groups is 2. The van der Waals surface area contributed by atoms with Crippen LogP contribution in [-0.4, -0.2) is 35.1 Å². The van der Waals surface area contributed by atoms with Crippen molar-refractivity contribution >= 4 is 17.7 Å². The zero-order chi connectivity index (χ0) is 15.8. The van der Waals surface area contributed by atoms with E-state index >= 15 is 0 Å². The zero-order valence-electron chi connectivity index (χ0n) is 12.9. The zero-order valence-corrected chi connectivity index (χ0v) is 12.9.